The standard InChI is InChI=1S/C38H44F3N5O7.CH2O2/c1-51-19-14-37(36(50)44-22-27-7-11-31-28(20-27)13-18-52-31)21-26-5-9-30(10-6-26)53-24-34(48)42-15-3-17-46(16-2-4-33(47)45-25-37)35(49)29-8-12-32(43-23-29)38(39,40)41;2-1-3/h5-12,20,23H,2-4,13-19,21-22,24-25H2,1H3,(H,42,48)(H,44,50)(H,45,47);1H,(H,2,3). The maximum atomic E-state index is 14.2. The summed E-state index contributed by atoms with van der Waals surface area (Å²) >= 11 is 0. The van der Waals surface area contributed by atoms with Gasteiger partial charge in [0, 0.05) is 65.5 Å². The topological polar surface area (TPSA) is 185 Å². The number of halogens is 3. The molecule has 4 amide bonds. The van der Waals surface area contributed by atoms with E-state index in [1.54, 1.807) is 19.2 Å². The average Bonchev–Trinajstić information content (AvgIpc) is 3.66. The van der Waals surface area contributed by atoms with E-state index in [-0.39, 0.29) is 101 Å². The van der Waals surface area contributed by atoms with Gasteiger partial charge in [0.2, 0.25) is 11.8 Å². The Labute approximate surface area is 322 Å². The first-order valence-electron chi connectivity index (χ1n) is 18.0. The molecule has 17 heteroatoms. The molecule has 0 radical (unpaired) electrons. The lowest BCUT2D eigenvalue weighted by atomic mass is 9.77. The van der Waals surface area contributed by atoms with Crippen molar-refractivity contribution in [2.45, 2.75) is 51.2 Å². The number of nitrogens with one attached hydrogen (secondary N) is 3. The molecule has 3 aliphatic rings. The van der Waals surface area contributed by atoms with Crippen molar-refractivity contribution in [3.05, 3.63) is 88.7 Å². The van der Waals surface area contributed by atoms with Crippen LogP contribution in [0.1, 0.15) is 58.4 Å². The summed E-state index contributed by atoms with van der Waals surface area (Å²) in [5.74, 6) is -0.263. The van der Waals surface area contributed by atoms with E-state index < -0.39 is 23.2 Å². The van der Waals surface area contributed by atoms with Gasteiger partial charge in [-0.1, -0.05) is 24.3 Å². The van der Waals surface area contributed by atoms with Gasteiger partial charge in [0.15, 0.2) is 6.61 Å². The second-order valence-corrected chi connectivity index (χ2v) is 13.3. The van der Waals surface area contributed by atoms with Crippen molar-refractivity contribution in [1.82, 2.24) is 25.8 Å². The van der Waals surface area contributed by atoms with Gasteiger partial charge < -0.3 is 40.2 Å². The van der Waals surface area contributed by atoms with E-state index >= 15 is 0 Å². The van der Waals surface area contributed by atoms with Crippen LogP contribution in [0.4, 0.5) is 13.2 Å². The number of fused-ring (bicyclic) bond motifs is 18. The number of carbonyl (C=O) groups is 5. The highest BCUT2D eigenvalue weighted by molar-refractivity contribution is 5.94. The smallest absolute Gasteiger partial charge is 0.433 e. The van der Waals surface area contributed by atoms with Crippen LogP contribution < -0.4 is 25.4 Å². The third-order valence-electron chi connectivity index (χ3n) is 9.28. The Hall–Kier alpha value is -5.71. The third kappa shape index (κ3) is 12.7. The van der Waals surface area contributed by atoms with Crippen LogP contribution >= 0.6 is 0 Å². The molecule has 3 aliphatic heterocycles. The summed E-state index contributed by atoms with van der Waals surface area (Å²) in [6.45, 7) is 1.10. The quantitative estimate of drug-likeness (QED) is 0.258. The van der Waals surface area contributed by atoms with Crippen molar-refractivity contribution in [2.24, 2.45) is 5.41 Å². The Kier molecular flexibility index (Phi) is 16.0. The number of carbonyl (C=O) groups excluding carboxylic acids is 4. The highest BCUT2D eigenvalue weighted by Crippen LogP contribution is 2.31. The number of rotatable bonds is 7. The van der Waals surface area contributed by atoms with Gasteiger partial charge in [-0.25, -0.2) is 0 Å². The lowest BCUT2D eigenvalue weighted by Crippen LogP contribution is -2.50. The fraction of sp³-hybridized carbons (Fsp3) is 0.436. The minimum Gasteiger partial charge on any atom is -0.493 e. The number of pyridine rings is 1. The molecule has 1 unspecified atom stereocenters. The number of nitrogens with zero attached hydrogens (tertiary/aromatic N) is 2. The van der Waals surface area contributed by atoms with E-state index in [9.17, 15) is 32.3 Å². The number of benzene rings is 2. The predicted molar refractivity (Wildman–Crippen MR) is 196 cm³/mol. The number of hydrogen-bond donors (Lipinski definition) is 4. The molecule has 0 saturated heterocycles. The van der Waals surface area contributed by atoms with Crippen LogP contribution in [0.5, 0.6) is 11.5 Å². The van der Waals surface area contributed by atoms with Crippen LogP contribution in [0.3, 0.4) is 0 Å². The zero-order valence-corrected chi connectivity index (χ0v) is 31.0. The fourth-order valence-corrected chi connectivity index (χ4v) is 6.29. The molecule has 4 N–H and O–H groups in total. The van der Waals surface area contributed by atoms with Crippen LogP contribution in [0.15, 0.2) is 60.8 Å². The van der Waals surface area contributed by atoms with Gasteiger partial charge in [-0.2, -0.15) is 13.2 Å². The van der Waals surface area contributed by atoms with Crippen LogP contribution in [-0.4, -0.2) is 98.2 Å². The molecule has 1 atom stereocenters. The molecule has 56 heavy (non-hydrogen) atoms. The summed E-state index contributed by atoms with van der Waals surface area (Å²) in [6.07, 6.45) is -1.86. The first-order valence-corrected chi connectivity index (χ1v) is 18.0. The number of aromatic nitrogens is 1. The summed E-state index contributed by atoms with van der Waals surface area (Å²) in [5.41, 5.74) is 0.521. The molecule has 0 spiro atoms. The van der Waals surface area contributed by atoms with E-state index in [0.29, 0.717) is 18.8 Å². The average molecular weight is 786 g/mol. The summed E-state index contributed by atoms with van der Waals surface area (Å²) in [6, 6.07) is 14.7. The van der Waals surface area contributed by atoms with Gasteiger partial charge in [0.25, 0.3) is 18.3 Å². The van der Waals surface area contributed by atoms with Crippen LogP contribution in [0.2, 0.25) is 0 Å². The van der Waals surface area contributed by atoms with Crippen molar-refractivity contribution in [3.63, 3.8) is 0 Å². The minimum absolute atomic E-state index is 0.00263. The van der Waals surface area contributed by atoms with Crippen molar-refractivity contribution in [1.29, 1.82) is 0 Å². The lowest BCUT2D eigenvalue weighted by molar-refractivity contribution is -0.141. The monoisotopic (exact) mass is 785 g/mol. The second-order valence-electron chi connectivity index (χ2n) is 13.3. The van der Waals surface area contributed by atoms with Crippen LogP contribution in [0.25, 0.3) is 0 Å². The molecule has 2 aromatic carbocycles. The Morgan fingerprint density at radius 2 is 1.77 bits per heavy atom. The molecule has 0 saturated carbocycles. The van der Waals surface area contributed by atoms with E-state index in [2.05, 4.69) is 20.9 Å². The molecule has 0 fully saturated rings. The van der Waals surface area contributed by atoms with E-state index in [1.807, 2.05) is 30.3 Å². The van der Waals surface area contributed by atoms with Gasteiger partial charge >= 0.3 is 6.18 Å². The largest absolute Gasteiger partial charge is 0.493 e. The third-order valence-corrected chi connectivity index (χ3v) is 9.28. The van der Waals surface area contributed by atoms with Gasteiger partial charge in [0.05, 0.1) is 17.6 Å². The SMILES string of the molecule is COCCC1(C(=O)NCc2ccc3c(c2)CCO3)CNC(=O)CCCN(C(=O)c2ccc(C(F)(F)F)nc2)CCCNC(=O)COc2ccc(cc2)C1.O=CO. The molecular weight excluding hydrogens is 739 g/mol. The number of amides is 4. The molecule has 3 aromatic rings. The molecule has 2 bridgehead atoms. The van der Waals surface area contributed by atoms with Crippen molar-refractivity contribution in [3.8, 4) is 11.5 Å². The Morgan fingerprint density at radius 3 is 2.46 bits per heavy atom. The van der Waals surface area contributed by atoms with Crippen molar-refractivity contribution < 1.29 is 56.5 Å². The summed E-state index contributed by atoms with van der Waals surface area (Å²) in [7, 11) is 1.54. The number of ether oxygens (including phenoxy) is 3. The molecular formula is C39H46F3N5O9. The highest BCUT2D eigenvalue weighted by Gasteiger charge is 2.39. The summed E-state index contributed by atoms with van der Waals surface area (Å²) in [4.78, 5) is 66.5. The van der Waals surface area contributed by atoms with E-state index in [4.69, 9.17) is 24.1 Å². The zero-order chi connectivity index (χ0) is 40.6. The minimum atomic E-state index is -4.65. The first-order chi connectivity index (χ1) is 26.9. The number of methoxy groups -OCH3 is 1. The van der Waals surface area contributed by atoms with Gasteiger partial charge in [-0.15, -0.1) is 0 Å². The molecule has 302 valence electrons. The lowest BCUT2D eigenvalue weighted by Gasteiger charge is -2.33. The predicted octanol–water partition coefficient (Wildman–Crippen LogP) is 3.56. The Morgan fingerprint density at radius 1 is 1.02 bits per heavy atom. The maximum absolute atomic E-state index is 14.2. The van der Waals surface area contributed by atoms with Crippen molar-refractivity contribution in [2.75, 3.05) is 53.1 Å². The maximum Gasteiger partial charge on any atom is 0.433 e. The number of carboxylic acid groups (broad SMARTS) is 1. The molecule has 4 heterocycles. The first kappa shape index (κ1) is 43.0. The molecule has 1 aromatic heterocycles. The van der Waals surface area contributed by atoms with E-state index in [1.165, 1.54) is 4.90 Å². The Balaban J connectivity index is 0.00000225. The fourth-order valence-electron chi connectivity index (χ4n) is 6.29. The molecule has 14 nitrogen and oxygen atoms in total. The summed E-state index contributed by atoms with van der Waals surface area (Å²) < 4.78 is 55.9. The van der Waals surface area contributed by atoms with Gasteiger partial charge in [-0.05, 0) is 72.7 Å². The Bertz CT molecular complexity index is 1790. The van der Waals surface area contributed by atoms with E-state index in [0.717, 1.165) is 47.2 Å². The van der Waals surface area contributed by atoms with Crippen LogP contribution in [-0.2, 0) is 49.5 Å². The molecule has 6 rings (SSSR count). The van der Waals surface area contributed by atoms with Crippen LogP contribution in [0, 0.1) is 5.41 Å². The van der Waals surface area contributed by atoms with Gasteiger partial charge in [-0.3, -0.25) is 29.0 Å². The van der Waals surface area contributed by atoms with Gasteiger partial charge in [0.1, 0.15) is 17.2 Å². The summed E-state index contributed by atoms with van der Waals surface area (Å²) in [5, 5.41) is 15.7. The number of alkyl halides is 3. The molecule has 0 aliphatic carbocycles. The number of hydrogen-bond acceptors (Lipinski definition) is 9. The normalized spacial score (nSPS) is 18.1. The zero-order valence-electron chi connectivity index (χ0n) is 31.0. The van der Waals surface area contributed by atoms with Crippen molar-refractivity contribution >= 4 is 30.1 Å². The highest BCUT2D eigenvalue weighted by atomic mass is 19.4. The second kappa shape index (κ2) is 20.8.